The topological polar surface area (TPSA) is 72.7 Å². The van der Waals surface area contributed by atoms with Gasteiger partial charge in [0.25, 0.3) is 5.56 Å². The van der Waals surface area contributed by atoms with Gasteiger partial charge >= 0.3 is 5.69 Å². The summed E-state index contributed by atoms with van der Waals surface area (Å²) in [5, 5.41) is 0. The Balaban J connectivity index is 0.000000174. The van der Waals surface area contributed by atoms with Gasteiger partial charge in [0.05, 0.1) is 6.33 Å². The number of hydrogen-bond acceptors (Lipinski definition) is 3. The number of aromatic amines is 1. The van der Waals surface area contributed by atoms with Gasteiger partial charge in [0.1, 0.15) is 0 Å². The molecule has 0 saturated heterocycles. The minimum atomic E-state index is -0.448. The van der Waals surface area contributed by atoms with Gasteiger partial charge in [-0.1, -0.05) is 23.8 Å². The second-order valence-electron chi connectivity index (χ2n) is 6.21. The van der Waals surface area contributed by atoms with Crippen molar-refractivity contribution in [3.05, 3.63) is 51.0 Å². The van der Waals surface area contributed by atoms with E-state index < -0.39 is 11.2 Å². The van der Waals surface area contributed by atoms with Gasteiger partial charge in [-0.15, -0.1) is 0 Å². The fourth-order valence-electron chi connectivity index (χ4n) is 2.67. The van der Waals surface area contributed by atoms with E-state index in [0.29, 0.717) is 11.2 Å². The summed E-state index contributed by atoms with van der Waals surface area (Å²) in [6.45, 7) is 8.33. The lowest BCUT2D eigenvalue weighted by Crippen LogP contribution is -2.28. The molecular weight excluding hydrogens is 292 g/mol. The molecule has 0 radical (unpaired) electrons. The van der Waals surface area contributed by atoms with E-state index >= 15 is 0 Å². The molecule has 0 amide bonds. The third kappa shape index (κ3) is 3.70. The van der Waals surface area contributed by atoms with Crippen molar-refractivity contribution in [3.63, 3.8) is 0 Å². The number of nitrogens with zero attached hydrogens (tertiary/aromatic N) is 3. The van der Waals surface area contributed by atoms with Crippen LogP contribution in [0.2, 0.25) is 0 Å². The number of rotatable bonds is 1. The zero-order valence-electron chi connectivity index (χ0n) is 14.2. The maximum absolute atomic E-state index is 11.3. The van der Waals surface area contributed by atoms with Crippen LogP contribution in [0.25, 0.3) is 11.2 Å². The molecule has 0 saturated carbocycles. The van der Waals surface area contributed by atoms with E-state index in [0.717, 1.165) is 5.92 Å². The first-order valence-electron chi connectivity index (χ1n) is 7.72. The fraction of sp³-hybridized carbons (Fsp3) is 0.471. The molecule has 0 bridgehead atoms. The molecule has 0 aliphatic heterocycles. The molecule has 1 atom stereocenters. The maximum Gasteiger partial charge on any atom is 0.329 e. The summed E-state index contributed by atoms with van der Waals surface area (Å²) < 4.78 is 2.88. The van der Waals surface area contributed by atoms with Crippen molar-refractivity contribution < 1.29 is 0 Å². The predicted octanol–water partition coefficient (Wildman–Crippen LogP) is 2.27. The van der Waals surface area contributed by atoms with Crippen molar-refractivity contribution in [3.8, 4) is 0 Å². The van der Waals surface area contributed by atoms with Crippen LogP contribution in [-0.4, -0.2) is 19.1 Å². The molecule has 2 aromatic heterocycles. The van der Waals surface area contributed by atoms with Gasteiger partial charge in [0, 0.05) is 14.1 Å². The first kappa shape index (κ1) is 17.0. The van der Waals surface area contributed by atoms with Crippen LogP contribution < -0.4 is 11.2 Å². The van der Waals surface area contributed by atoms with Crippen LogP contribution in [0.5, 0.6) is 0 Å². The summed E-state index contributed by atoms with van der Waals surface area (Å²) in [6, 6.07) is 0. The number of hydrogen-bond donors (Lipinski definition) is 1. The Labute approximate surface area is 135 Å². The normalized spacial score (nSPS) is 17.4. The summed E-state index contributed by atoms with van der Waals surface area (Å²) in [5.74, 6) is 0.767. The SMILES string of the molecule is C=C(C)C1CC=C(C)CC1.Cn1cnc2c1c(=O)[nH]c(=O)n2C. The van der Waals surface area contributed by atoms with Crippen molar-refractivity contribution in [1.82, 2.24) is 19.1 Å². The molecule has 1 N–H and O–H groups in total. The van der Waals surface area contributed by atoms with E-state index in [-0.39, 0.29) is 0 Å². The predicted molar refractivity (Wildman–Crippen MR) is 92.5 cm³/mol. The Bertz CT molecular complexity index is 867. The molecular formula is C17H24N4O2. The monoisotopic (exact) mass is 316 g/mol. The van der Waals surface area contributed by atoms with Gasteiger partial charge in [-0.2, -0.15) is 0 Å². The molecule has 1 unspecified atom stereocenters. The molecule has 0 aromatic carbocycles. The summed E-state index contributed by atoms with van der Waals surface area (Å²) in [4.78, 5) is 28.6. The Hall–Kier alpha value is -2.37. The van der Waals surface area contributed by atoms with Crippen molar-refractivity contribution in [1.29, 1.82) is 0 Å². The summed E-state index contributed by atoms with van der Waals surface area (Å²) in [7, 11) is 3.27. The Kier molecular flexibility index (Phi) is 5.03. The highest BCUT2D eigenvalue weighted by Crippen LogP contribution is 2.27. The number of aryl methyl sites for hydroxylation is 2. The summed E-state index contributed by atoms with van der Waals surface area (Å²) in [5.41, 5.74) is 2.86. The highest BCUT2D eigenvalue weighted by atomic mass is 16.2. The molecule has 2 heterocycles. The van der Waals surface area contributed by atoms with Gasteiger partial charge in [-0.3, -0.25) is 14.3 Å². The number of imidazole rings is 1. The van der Waals surface area contributed by atoms with Gasteiger partial charge < -0.3 is 4.57 Å². The maximum atomic E-state index is 11.3. The molecule has 1 aliphatic rings. The standard InChI is InChI=1S/C10H16.C7H8N4O2/c1-8(2)10-6-4-9(3)5-7-10;1-10-3-8-5-4(10)6(12)9-7(13)11(5)2/h4,10H,1,5-7H2,2-3H3;3H,1-2H3,(H,9,12,13). The molecule has 0 fully saturated rings. The molecule has 1 aliphatic carbocycles. The first-order valence-corrected chi connectivity index (χ1v) is 7.72. The number of fused-ring (bicyclic) bond motifs is 1. The third-order valence-corrected chi connectivity index (χ3v) is 4.31. The van der Waals surface area contributed by atoms with Crippen LogP contribution in [0.4, 0.5) is 0 Å². The summed E-state index contributed by atoms with van der Waals surface area (Å²) >= 11 is 0. The Morgan fingerprint density at radius 2 is 2.09 bits per heavy atom. The Morgan fingerprint density at radius 1 is 1.39 bits per heavy atom. The minimum absolute atomic E-state index is 0.399. The van der Waals surface area contributed by atoms with E-state index in [1.54, 1.807) is 24.2 Å². The molecule has 3 rings (SSSR count). The number of aromatic nitrogens is 4. The second-order valence-corrected chi connectivity index (χ2v) is 6.21. The summed E-state index contributed by atoms with van der Waals surface area (Å²) in [6.07, 6.45) is 7.67. The molecule has 124 valence electrons. The zero-order valence-corrected chi connectivity index (χ0v) is 14.2. The Morgan fingerprint density at radius 3 is 2.65 bits per heavy atom. The lowest BCUT2D eigenvalue weighted by Gasteiger charge is -2.19. The van der Waals surface area contributed by atoms with Crippen molar-refractivity contribution in [2.75, 3.05) is 0 Å². The lowest BCUT2D eigenvalue weighted by atomic mass is 9.86. The van der Waals surface area contributed by atoms with Crippen LogP contribution in [0, 0.1) is 5.92 Å². The smallest absolute Gasteiger partial charge is 0.328 e. The van der Waals surface area contributed by atoms with Crippen molar-refractivity contribution >= 4 is 11.2 Å². The lowest BCUT2D eigenvalue weighted by molar-refractivity contribution is 0.540. The minimum Gasteiger partial charge on any atom is -0.328 e. The van der Waals surface area contributed by atoms with E-state index in [1.165, 1.54) is 35.7 Å². The van der Waals surface area contributed by atoms with Crippen molar-refractivity contribution in [2.24, 2.45) is 20.0 Å². The van der Waals surface area contributed by atoms with Gasteiger partial charge in [0.15, 0.2) is 11.2 Å². The van der Waals surface area contributed by atoms with Gasteiger partial charge in [0.2, 0.25) is 0 Å². The fourth-order valence-corrected chi connectivity index (χ4v) is 2.67. The largest absolute Gasteiger partial charge is 0.329 e. The number of allylic oxidation sites excluding steroid dienone is 3. The third-order valence-electron chi connectivity index (χ3n) is 4.31. The molecule has 2 aromatic rings. The molecule has 23 heavy (non-hydrogen) atoms. The van der Waals surface area contributed by atoms with Crippen molar-refractivity contribution in [2.45, 2.75) is 33.1 Å². The molecule has 6 nitrogen and oxygen atoms in total. The average Bonchev–Trinajstić information content (AvgIpc) is 2.88. The van der Waals surface area contributed by atoms with Crippen LogP contribution in [0.1, 0.15) is 33.1 Å². The highest BCUT2D eigenvalue weighted by Gasteiger charge is 2.12. The van der Waals surface area contributed by atoms with Gasteiger partial charge in [-0.05, 0) is 39.0 Å². The van der Waals surface area contributed by atoms with Gasteiger partial charge in [-0.25, -0.2) is 9.78 Å². The second kappa shape index (κ2) is 6.81. The van der Waals surface area contributed by atoms with E-state index in [9.17, 15) is 9.59 Å². The van der Waals surface area contributed by atoms with Crippen LogP contribution in [0.15, 0.2) is 39.7 Å². The average molecular weight is 316 g/mol. The molecule has 6 heteroatoms. The first-order chi connectivity index (χ1) is 10.8. The van der Waals surface area contributed by atoms with E-state index in [2.05, 4.69) is 36.5 Å². The molecule has 0 spiro atoms. The highest BCUT2D eigenvalue weighted by molar-refractivity contribution is 5.69. The number of H-pyrrole nitrogens is 1. The number of nitrogens with one attached hydrogen (secondary N) is 1. The zero-order chi connectivity index (χ0) is 17.1. The quantitative estimate of drug-likeness (QED) is 0.820. The van der Waals surface area contributed by atoms with E-state index in [1.807, 2.05) is 0 Å². The van der Waals surface area contributed by atoms with Crippen LogP contribution in [-0.2, 0) is 14.1 Å². The van der Waals surface area contributed by atoms with Crippen LogP contribution >= 0.6 is 0 Å². The van der Waals surface area contributed by atoms with E-state index in [4.69, 9.17) is 0 Å². The van der Waals surface area contributed by atoms with Crippen LogP contribution in [0.3, 0.4) is 0 Å².